The van der Waals surface area contributed by atoms with Crippen LogP contribution in [0.5, 0.6) is 0 Å². The number of aryl methyl sites for hydroxylation is 1. The van der Waals surface area contributed by atoms with Crippen molar-refractivity contribution in [3.8, 4) is 12.3 Å². The molecule has 0 fully saturated rings. The fourth-order valence-corrected chi connectivity index (χ4v) is 3.28. The number of methoxy groups -OCH3 is 1. The predicted octanol–water partition coefficient (Wildman–Crippen LogP) is 1.88. The van der Waals surface area contributed by atoms with Crippen molar-refractivity contribution in [2.24, 2.45) is 0 Å². The van der Waals surface area contributed by atoms with E-state index in [4.69, 9.17) is 22.8 Å². The number of anilines is 1. The lowest BCUT2D eigenvalue weighted by atomic mass is 10.0. The van der Waals surface area contributed by atoms with Gasteiger partial charge in [-0.1, -0.05) is 17.7 Å². The first kappa shape index (κ1) is 23.1. The largest absolute Gasteiger partial charge is 0.392 e. The van der Waals surface area contributed by atoms with Gasteiger partial charge in [0.2, 0.25) is 11.2 Å². The highest BCUT2D eigenvalue weighted by atomic mass is 35.5. The summed E-state index contributed by atoms with van der Waals surface area (Å²) in [5.41, 5.74) is -0.302. The Bertz CT molecular complexity index is 923. The van der Waals surface area contributed by atoms with Crippen LogP contribution >= 0.6 is 23.4 Å². The number of thioether (sulfide) groups is 1. The molecule has 29 heavy (non-hydrogen) atoms. The molecule has 2 rings (SSSR count). The molecule has 1 unspecified atom stereocenters. The first-order chi connectivity index (χ1) is 13.8. The van der Waals surface area contributed by atoms with Crippen molar-refractivity contribution in [2.45, 2.75) is 38.3 Å². The van der Waals surface area contributed by atoms with E-state index in [-0.39, 0.29) is 35.2 Å². The number of amides is 1. The van der Waals surface area contributed by atoms with E-state index in [1.54, 1.807) is 4.57 Å². The maximum absolute atomic E-state index is 12.2. The number of carbonyl (C=O) groups is 2. The zero-order valence-electron chi connectivity index (χ0n) is 16.1. The molecule has 9 nitrogen and oxygen atoms in total. The number of aliphatic hydroxyl groups excluding tert-OH is 1. The third kappa shape index (κ3) is 6.14. The van der Waals surface area contributed by atoms with E-state index in [9.17, 15) is 14.7 Å². The van der Waals surface area contributed by atoms with Gasteiger partial charge in [0, 0.05) is 39.2 Å². The van der Waals surface area contributed by atoms with Gasteiger partial charge in [0.05, 0.1) is 12.9 Å². The average molecular weight is 440 g/mol. The molecule has 0 saturated heterocycles. The van der Waals surface area contributed by atoms with Crippen LogP contribution in [0.15, 0.2) is 6.33 Å². The Balaban J connectivity index is 2.13. The summed E-state index contributed by atoms with van der Waals surface area (Å²) in [4.78, 5) is 35.6. The molecule has 11 heteroatoms. The molecule has 2 aromatic heterocycles. The van der Waals surface area contributed by atoms with E-state index in [1.807, 2.05) is 0 Å². The zero-order chi connectivity index (χ0) is 21.4. The minimum absolute atomic E-state index is 0.0174. The van der Waals surface area contributed by atoms with Crippen LogP contribution < -0.4 is 5.32 Å². The molecule has 0 aromatic carbocycles. The number of aromatic nitrogens is 4. The van der Waals surface area contributed by atoms with Crippen molar-refractivity contribution in [3.63, 3.8) is 0 Å². The van der Waals surface area contributed by atoms with Crippen LogP contribution in [0, 0.1) is 12.3 Å². The lowest BCUT2D eigenvalue weighted by Gasteiger charge is -2.24. The minimum Gasteiger partial charge on any atom is -0.392 e. The molecule has 0 saturated carbocycles. The van der Waals surface area contributed by atoms with Crippen LogP contribution in [0.25, 0.3) is 11.2 Å². The molecule has 156 valence electrons. The molecule has 0 aliphatic carbocycles. The van der Waals surface area contributed by atoms with Crippen molar-refractivity contribution in [1.82, 2.24) is 19.5 Å². The van der Waals surface area contributed by atoms with Gasteiger partial charge in [-0.05, 0) is 18.0 Å². The standard InChI is InChI=1S/C18H22ClN5O4S/c1-4-18(10-25,28-3)7-8-24-11-20-14-15(22-17(19)23-16(14)24)21-13(27)6-5-9-29-12(2)26/h1,11,25H,5-10H2,2-3H3,(H,21,22,23,27). The lowest BCUT2D eigenvalue weighted by Crippen LogP contribution is -2.35. The van der Waals surface area contributed by atoms with Crippen molar-refractivity contribution >= 4 is 51.4 Å². The van der Waals surface area contributed by atoms with Crippen LogP contribution in [0.2, 0.25) is 5.28 Å². The summed E-state index contributed by atoms with van der Waals surface area (Å²) in [6.45, 7) is 1.52. The fourth-order valence-electron chi connectivity index (χ4n) is 2.54. The molecular formula is C18H22ClN5O4S. The second-order valence-corrected chi connectivity index (χ2v) is 7.80. The summed E-state index contributed by atoms with van der Waals surface area (Å²) in [6.07, 6.45) is 8.12. The monoisotopic (exact) mass is 439 g/mol. The number of hydrogen-bond donors (Lipinski definition) is 2. The number of halogens is 1. The Morgan fingerprint density at radius 2 is 2.24 bits per heavy atom. The first-order valence-corrected chi connectivity index (χ1v) is 10.2. The van der Waals surface area contributed by atoms with Crippen LogP contribution in [0.1, 0.15) is 26.2 Å². The van der Waals surface area contributed by atoms with Crippen LogP contribution in [0.4, 0.5) is 5.82 Å². The maximum atomic E-state index is 12.2. The van der Waals surface area contributed by atoms with Crippen LogP contribution in [-0.4, -0.2) is 60.7 Å². The predicted molar refractivity (Wildman–Crippen MR) is 112 cm³/mol. The summed E-state index contributed by atoms with van der Waals surface area (Å²) >= 11 is 7.19. The van der Waals surface area contributed by atoms with E-state index >= 15 is 0 Å². The van der Waals surface area contributed by atoms with Gasteiger partial charge in [0.1, 0.15) is 0 Å². The van der Waals surface area contributed by atoms with Crippen molar-refractivity contribution in [1.29, 1.82) is 0 Å². The maximum Gasteiger partial charge on any atom is 0.226 e. The lowest BCUT2D eigenvalue weighted by molar-refractivity contribution is -0.116. The summed E-state index contributed by atoms with van der Waals surface area (Å²) in [7, 11) is 1.43. The number of terminal acetylenes is 1. The summed E-state index contributed by atoms with van der Waals surface area (Å²) in [5, 5.41) is 12.2. The highest BCUT2D eigenvalue weighted by Crippen LogP contribution is 2.23. The Morgan fingerprint density at radius 1 is 1.48 bits per heavy atom. The molecule has 2 N–H and O–H groups in total. The first-order valence-electron chi connectivity index (χ1n) is 8.79. The summed E-state index contributed by atoms with van der Waals surface area (Å²) < 4.78 is 6.95. The molecule has 1 amide bonds. The second kappa shape index (κ2) is 10.5. The van der Waals surface area contributed by atoms with Gasteiger partial charge in [-0.25, -0.2) is 4.98 Å². The van der Waals surface area contributed by atoms with Crippen molar-refractivity contribution in [2.75, 3.05) is 24.8 Å². The summed E-state index contributed by atoms with van der Waals surface area (Å²) in [5.74, 6) is 2.98. The van der Waals surface area contributed by atoms with Crippen molar-refractivity contribution in [3.05, 3.63) is 11.6 Å². The van der Waals surface area contributed by atoms with E-state index in [2.05, 4.69) is 26.2 Å². The smallest absolute Gasteiger partial charge is 0.226 e. The Hall–Kier alpha value is -2.19. The van der Waals surface area contributed by atoms with Gasteiger partial charge in [0.15, 0.2) is 27.7 Å². The molecule has 1 atom stereocenters. The molecule has 0 aliphatic rings. The summed E-state index contributed by atoms with van der Waals surface area (Å²) in [6, 6.07) is 0. The van der Waals surface area contributed by atoms with Gasteiger partial charge in [-0.2, -0.15) is 9.97 Å². The topological polar surface area (TPSA) is 119 Å². The Labute approximate surface area is 177 Å². The number of nitrogens with zero attached hydrogens (tertiary/aromatic N) is 4. The van der Waals surface area contributed by atoms with Crippen LogP contribution in [-0.2, 0) is 20.9 Å². The normalized spacial score (nSPS) is 13.1. The molecule has 0 aliphatic heterocycles. The van der Waals surface area contributed by atoms with Gasteiger partial charge in [0.25, 0.3) is 0 Å². The molecular weight excluding hydrogens is 418 g/mol. The van der Waals surface area contributed by atoms with Gasteiger partial charge < -0.3 is 19.7 Å². The molecule has 2 aromatic rings. The Morgan fingerprint density at radius 3 is 2.86 bits per heavy atom. The quantitative estimate of drug-likeness (QED) is 0.327. The zero-order valence-corrected chi connectivity index (χ0v) is 17.7. The SMILES string of the molecule is C#CC(CO)(CCn1cnc2c(NC(=O)CCCSC(C)=O)nc(Cl)nc21)OC. The number of ether oxygens (including phenoxy) is 1. The molecule has 0 spiro atoms. The fraction of sp³-hybridized carbons (Fsp3) is 0.500. The third-order valence-electron chi connectivity index (χ3n) is 4.21. The average Bonchev–Trinajstić information content (AvgIpc) is 3.09. The number of nitrogens with one attached hydrogen (secondary N) is 1. The van der Waals surface area contributed by atoms with Gasteiger partial charge in [-0.15, -0.1) is 6.42 Å². The van der Waals surface area contributed by atoms with E-state index in [0.29, 0.717) is 36.3 Å². The third-order valence-corrected chi connectivity index (χ3v) is 5.28. The molecule has 2 heterocycles. The van der Waals surface area contributed by atoms with E-state index in [0.717, 1.165) is 0 Å². The highest BCUT2D eigenvalue weighted by Gasteiger charge is 2.26. The van der Waals surface area contributed by atoms with E-state index < -0.39 is 5.60 Å². The molecule has 0 radical (unpaired) electrons. The van der Waals surface area contributed by atoms with Gasteiger partial charge in [-0.3, -0.25) is 9.59 Å². The number of aliphatic hydroxyl groups is 1. The van der Waals surface area contributed by atoms with Gasteiger partial charge >= 0.3 is 0 Å². The number of hydrogen-bond acceptors (Lipinski definition) is 8. The minimum atomic E-state index is -1.11. The van der Waals surface area contributed by atoms with Crippen LogP contribution in [0.3, 0.4) is 0 Å². The van der Waals surface area contributed by atoms with Crippen molar-refractivity contribution < 1.29 is 19.4 Å². The highest BCUT2D eigenvalue weighted by molar-refractivity contribution is 8.13. The molecule has 0 bridgehead atoms. The van der Waals surface area contributed by atoms with E-state index in [1.165, 1.54) is 32.1 Å². The number of imidazole rings is 1. The number of fused-ring (bicyclic) bond motifs is 1. The second-order valence-electron chi connectivity index (χ2n) is 6.19. The Kier molecular flexibility index (Phi) is 8.40. The number of rotatable bonds is 10. The number of carbonyl (C=O) groups excluding carboxylic acids is 2.